The molecule has 2 aromatic heterocycles. The van der Waals surface area contributed by atoms with Gasteiger partial charge in [0.15, 0.2) is 21.5 Å². The van der Waals surface area contributed by atoms with Gasteiger partial charge in [0.25, 0.3) is 0 Å². The zero-order valence-corrected chi connectivity index (χ0v) is 14.1. The van der Waals surface area contributed by atoms with Gasteiger partial charge in [0.05, 0.1) is 9.77 Å². The maximum absolute atomic E-state index is 11.5. The molecule has 0 fully saturated rings. The van der Waals surface area contributed by atoms with E-state index in [1.165, 1.54) is 11.1 Å². The van der Waals surface area contributed by atoms with E-state index in [9.17, 15) is 8.42 Å². The van der Waals surface area contributed by atoms with E-state index in [-0.39, 0.29) is 0 Å². The number of aromatic nitrogens is 1. The molecule has 1 aromatic carbocycles. The third kappa shape index (κ3) is 2.84. The van der Waals surface area contributed by atoms with Gasteiger partial charge in [0, 0.05) is 23.6 Å². The lowest BCUT2D eigenvalue weighted by molar-refractivity contribution is 0.535. The Kier molecular flexibility index (Phi) is 3.66. The maximum atomic E-state index is 11.5. The van der Waals surface area contributed by atoms with Gasteiger partial charge < -0.3 is 4.42 Å². The highest BCUT2D eigenvalue weighted by molar-refractivity contribution is 7.90. The van der Waals surface area contributed by atoms with E-state index in [1.807, 2.05) is 19.1 Å². The minimum atomic E-state index is -3.20. The van der Waals surface area contributed by atoms with Gasteiger partial charge in [-0.2, -0.15) is 0 Å². The third-order valence-corrected chi connectivity index (χ3v) is 5.38. The van der Waals surface area contributed by atoms with Crippen LogP contribution < -0.4 is 0 Å². The molecule has 0 N–H and O–H groups in total. The SMILES string of the molecule is Cc1nc(-c2ccc(S(C)(=O)=O)cc2)c(-c2ccc(C)s2)o1. The third-order valence-electron chi connectivity index (χ3n) is 3.25. The molecule has 0 aliphatic rings. The Labute approximate surface area is 133 Å². The summed E-state index contributed by atoms with van der Waals surface area (Å²) in [6, 6.07) is 10.8. The first-order chi connectivity index (χ1) is 10.3. The van der Waals surface area contributed by atoms with Crippen LogP contribution in [0.15, 0.2) is 45.7 Å². The summed E-state index contributed by atoms with van der Waals surface area (Å²) in [7, 11) is -3.20. The Morgan fingerprint density at radius 1 is 1.05 bits per heavy atom. The normalized spacial score (nSPS) is 11.8. The molecule has 0 atom stereocenters. The van der Waals surface area contributed by atoms with Crippen molar-refractivity contribution < 1.29 is 12.8 Å². The van der Waals surface area contributed by atoms with Gasteiger partial charge in [0.2, 0.25) is 0 Å². The second-order valence-electron chi connectivity index (χ2n) is 5.12. The summed E-state index contributed by atoms with van der Waals surface area (Å²) in [5, 5.41) is 0. The van der Waals surface area contributed by atoms with Crippen molar-refractivity contribution in [2.45, 2.75) is 18.7 Å². The van der Waals surface area contributed by atoms with Gasteiger partial charge in [-0.25, -0.2) is 13.4 Å². The van der Waals surface area contributed by atoms with Crippen LogP contribution in [0.25, 0.3) is 21.9 Å². The van der Waals surface area contributed by atoms with Gasteiger partial charge in [-0.05, 0) is 31.2 Å². The molecule has 0 amide bonds. The molecule has 3 aromatic rings. The Morgan fingerprint density at radius 2 is 1.73 bits per heavy atom. The molecular weight excluding hydrogens is 318 g/mol. The van der Waals surface area contributed by atoms with E-state index in [0.29, 0.717) is 10.8 Å². The maximum Gasteiger partial charge on any atom is 0.192 e. The van der Waals surface area contributed by atoms with Crippen molar-refractivity contribution in [3.05, 3.63) is 47.2 Å². The van der Waals surface area contributed by atoms with Gasteiger partial charge in [-0.3, -0.25) is 0 Å². The average Bonchev–Trinajstić information content (AvgIpc) is 3.04. The Balaban J connectivity index is 2.09. The van der Waals surface area contributed by atoms with Gasteiger partial charge in [0.1, 0.15) is 5.69 Å². The van der Waals surface area contributed by atoms with E-state index in [2.05, 4.69) is 4.98 Å². The summed E-state index contributed by atoms with van der Waals surface area (Å²) in [6.07, 6.45) is 1.20. The van der Waals surface area contributed by atoms with Gasteiger partial charge in [-0.1, -0.05) is 12.1 Å². The van der Waals surface area contributed by atoms with E-state index in [0.717, 1.165) is 21.9 Å². The number of hydrogen-bond donors (Lipinski definition) is 0. The standard InChI is InChI=1S/C16H15NO3S2/c1-10-4-9-14(21-10)16-15(17-11(2)20-16)12-5-7-13(8-6-12)22(3,18)19/h4-9H,1-3H3. The highest BCUT2D eigenvalue weighted by Crippen LogP contribution is 2.36. The fourth-order valence-corrected chi connectivity index (χ4v) is 3.69. The molecule has 6 heteroatoms. The molecule has 0 aliphatic heterocycles. The van der Waals surface area contributed by atoms with Crippen molar-refractivity contribution in [1.29, 1.82) is 0 Å². The number of thiophene rings is 1. The zero-order chi connectivity index (χ0) is 15.9. The number of nitrogens with zero attached hydrogens (tertiary/aromatic N) is 1. The van der Waals surface area contributed by atoms with E-state index in [1.54, 1.807) is 42.5 Å². The molecule has 0 saturated carbocycles. The van der Waals surface area contributed by atoms with Crippen LogP contribution in [0.5, 0.6) is 0 Å². The smallest absolute Gasteiger partial charge is 0.192 e. The lowest BCUT2D eigenvalue weighted by Gasteiger charge is -2.02. The van der Waals surface area contributed by atoms with E-state index in [4.69, 9.17) is 4.42 Å². The highest BCUT2D eigenvalue weighted by atomic mass is 32.2. The Morgan fingerprint density at radius 3 is 2.27 bits per heavy atom. The summed E-state index contributed by atoms with van der Waals surface area (Å²) in [5.74, 6) is 1.31. The first-order valence-corrected chi connectivity index (χ1v) is 9.40. The molecule has 0 radical (unpaired) electrons. The van der Waals surface area contributed by atoms with Crippen LogP contribution in [0, 0.1) is 13.8 Å². The molecule has 0 spiro atoms. The zero-order valence-electron chi connectivity index (χ0n) is 12.5. The first kappa shape index (κ1) is 15.0. The topological polar surface area (TPSA) is 60.2 Å². The van der Waals surface area contributed by atoms with Crippen LogP contribution in [0.4, 0.5) is 0 Å². The van der Waals surface area contributed by atoms with E-state index >= 15 is 0 Å². The molecule has 2 heterocycles. The summed E-state index contributed by atoms with van der Waals surface area (Å²) < 4.78 is 28.8. The Hall–Kier alpha value is -1.92. The van der Waals surface area contributed by atoms with Crippen molar-refractivity contribution >= 4 is 21.2 Å². The molecular formula is C16H15NO3S2. The molecule has 0 aliphatic carbocycles. The van der Waals surface area contributed by atoms with Crippen LogP contribution in [-0.2, 0) is 9.84 Å². The lowest BCUT2D eigenvalue weighted by atomic mass is 10.1. The van der Waals surface area contributed by atoms with Crippen molar-refractivity contribution in [3.8, 4) is 21.9 Å². The predicted molar refractivity (Wildman–Crippen MR) is 87.8 cm³/mol. The molecule has 114 valence electrons. The first-order valence-electron chi connectivity index (χ1n) is 6.69. The van der Waals surface area contributed by atoms with Gasteiger partial charge in [-0.15, -0.1) is 11.3 Å². The van der Waals surface area contributed by atoms with E-state index < -0.39 is 9.84 Å². The molecule has 4 nitrogen and oxygen atoms in total. The van der Waals surface area contributed by atoms with Gasteiger partial charge >= 0.3 is 0 Å². The minimum absolute atomic E-state index is 0.296. The second kappa shape index (κ2) is 5.37. The Bertz CT molecular complexity index is 919. The van der Waals surface area contributed by atoms with Crippen LogP contribution in [0.2, 0.25) is 0 Å². The summed E-state index contributed by atoms with van der Waals surface area (Å²) in [5.41, 5.74) is 1.57. The van der Waals surface area contributed by atoms with Crippen molar-refractivity contribution in [2.24, 2.45) is 0 Å². The summed E-state index contributed by atoms with van der Waals surface area (Å²) in [4.78, 5) is 6.96. The van der Waals surface area contributed by atoms with Crippen LogP contribution in [0.3, 0.4) is 0 Å². The summed E-state index contributed by atoms with van der Waals surface area (Å²) >= 11 is 1.64. The van der Waals surface area contributed by atoms with Crippen molar-refractivity contribution in [3.63, 3.8) is 0 Å². The number of sulfone groups is 1. The number of rotatable bonds is 3. The molecule has 22 heavy (non-hydrogen) atoms. The fourth-order valence-electron chi connectivity index (χ4n) is 2.21. The predicted octanol–water partition coefficient (Wildman–Crippen LogP) is 4.09. The van der Waals surface area contributed by atoms with Crippen LogP contribution in [-0.4, -0.2) is 19.7 Å². The molecule has 0 bridgehead atoms. The fraction of sp³-hybridized carbons (Fsp3) is 0.188. The quantitative estimate of drug-likeness (QED) is 0.724. The number of hydrogen-bond acceptors (Lipinski definition) is 5. The number of benzene rings is 1. The minimum Gasteiger partial charge on any atom is -0.439 e. The molecule has 0 saturated heterocycles. The van der Waals surface area contributed by atoms with Crippen molar-refractivity contribution in [2.75, 3.05) is 6.26 Å². The average molecular weight is 333 g/mol. The monoisotopic (exact) mass is 333 g/mol. The van der Waals surface area contributed by atoms with Crippen molar-refractivity contribution in [1.82, 2.24) is 4.98 Å². The molecule has 0 unspecified atom stereocenters. The van der Waals surface area contributed by atoms with Crippen LogP contribution >= 0.6 is 11.3 Å². The number of oxazole rings is 1. The highest BCUT2D eigenvalue weighted by Gasteiger charge is 2.17. The number of aryl methyl sites for hydroxylation is 2. The largest absolute Gasteiger partial charge is 0.439 e. The second-order valence-corrected chi connectivity index (χ2v) is 8.42. The summed E-state index contributed by atoms with van der Waals surface area (Å²) in [6.45, 7) is 3.84. The lowest BCUT2D eigenvalue weighted by Crippen LogP contribution is -1.96. The molecule has 3 rings (SSSR count). The van der Waals surface area contributed by atoms with Crippen LogP contribution in [0.1, 0.15) is 10.8 Å².